The lowest BCUT2D eigenvalue weighted by molar-refractivity contribution is 0.102. The van der Waals surface area contributed by atoms with E-state index in [0.29, 0.717) is 10.9 Å². The van der Waals surface area contributed by atoms with Crippen LogP contribution >= 0.6 is 11.6 Å². The Balaban J connectivity index is 1.66. The van der Waals surface area contributed by atoms with Gasteiger partial charge in [-0.15, -0.1) is 0 Å². The van der Waals surface area contributed by atoms with E-state index in [2.05, 4.69) is 11.5 Å². The average molecular weight is 351 g/mol. The zero-order valence-electron chi connectivity index (χ0n) is 14.0. The van der Waals surface area contributed by atoms with E-state index in [1.807, 2.05) is 66.3 Å². The van der Waals surface area contributed by atoms with Gasteiger partial charge in [-0.05, 0) is 48.1 Å². The fourth-order valence-corrected chi connectivity index (χ4v) is 3.39. The van der Waals surface area contributed by atoms with Crippen LogP contribution in [0.2, 0.25) is 5.02 Å². The maximum absolute atomic E-state index is 12.9. The Bertz CT molecular complexity index is 941. The Morgan fingerprint density at radius 1 is 1.12 bits per heavy atom. The van der Waals surface area contributed by atoms with Crippen LogP contribution in [0.5, 0.6) is 0 Å². The smallest absolute Gasteiger partial charge is 0.257 e. The molecule has 0 saturated heterocycles. The molecule has 1 aliphatic rings. The van der Waals surface area contributed by atoms with E-state index in [-0.39, 0.29) is 5.91 Å². The van der Waals surface area contributed by atoms with Crippen LogP contribution < -0.4 is 5.32 Å². The van der Waals surface area contributed by atoms with E-state index in [1.165, 1.54) is 12.8 Å². The molecule has 3 nitrogen and oxygen atoms in total. The maximum atomic E-state index is 12.9. The standard InChI is InChI=1S/C21H19ClN2O/c1-24-12-18(14-9-10-14)19(13-24)21(25)23-20-8-3-2-7-17(20)15-5-4-6-16(22)11-15/h2-8,11-14H,9-10H2,1H3,(H,23,25). The second kappa shape index (κ2) is 6.41. The number of carbonyl (C=O) groups excluding carboxylic acids is 1. The largest absolute Gasteiger partial charge is 0.356 e. The van der Waals surface area contributed by atoms with Gasteiger partial charge in [-0.25, -0.2) is 0 Å². The Kier molecular flexibility index (Phi) is 4.10. The van der Waals surface area contributed by atoms with Gasteiger partial charge in [-0.2, -0.15) is 0 Å². The van der Waals surface area contributed by atoms with Gasteiger partial charge >= 0.3 is 0 Å². The normalized spacial score (nSPS) is 13.7. The third-order valence-corrected chi connectivity index (χ3v) is 4.79. The predicted molar refractivity (Wildman–Crippen MR) is 102 cm³/mol. The van der Waals surface area contributed by atoms with Gasteiger partial charge in [0.15, 0.2) is 0 Å². The van der Waals surface area contributed by atoms with Gasteiger partial charge in [0.1, 0.15) is 0 Å². The van der Waals surface area contributed by atoms with Gasteiger partial charge < -0.3 is 9.88 Å². The summed E-state index contributed by atoms with van der Waals surface area (Å²) in [7, 11) is 1.96. The van der Waals surface area contributed by atoms with Gasteiger partial charge in [0.2, 0.25) is 0 Å². The van der Waals surface area contributed by atoms with Crippen LogP contribution in [0, 0.1) is 0 Å². The molecule has 4 rings (SSSR count). The molecule has 1 heterocycles. The van der Waals surface area contributed by atoms with Crippen molar-refractivity contribution in [2.24, 2.45) is 7.05 Å². The molecular weight excluding hydrogens is 332 g/mol. The molecule has 1 aliphatic carbocycles. The second-order valence-electron chi connectivity index (χ2n) is 6.58. The molecule has 3 aromatic rings. The van der Waals surface area contributed by atoms with Gasteiger partial charge in [0.05, 0.1) is 5.56 Å². The topological polar surface area (TPSA) is 34.0 Å². The number of para-hydroxylation sites is 1. The number of hydrogen-bond acceptors (Lipinski definition) is 1. The van der Waals surface area contributed by atoms with Crippen molar-refractivity contribution in [1.29, 1.82) is 0 Å². The van der Waals surface area contributed by atoms with Crippen molar-refractivity contribution in [3.05, 3.63) is 77.1 Å². The first-order valence-corrected chi connectivity index (χ1v) is 8.82. The third kappa shape index (κ3) is 3.33. The van der Waals surface area contributed by atoms with Crippen molar-refractivity contribution in [2.45, 2.75) is 18.8 Å². The minimum absolute atomic E-state index is 0.0584. The van der Waals surface area contributed by atoms with Crippen LogP contribution in [-0.4, -0.2) is 10.5 Å². The van der Waals surface area contributed by atoms with Crippen molar-refractivity contribution < 1.29 is 4.79 Å². The van der Waals surface area contributed by atoms with E-state index in [9.17, 15) is 4.79 Å². The summed E-state index contributed by atoms with van der Waals surface area (Å²) in [6, 6.07) is 15.5. The van der Waals surface area contributed by atoms with E-state index in [4.69, 9.17) is 11.6 Å². The van der Waals surface area contributed by atoms with E-state index < -0.39 is 0 Å². The number of amides is 1. The van der Waals surface area contributed by atoms with Gasteiger partial charge in [0, 0.05) is 35.7 Å². The number of aryl methyl sites for hydroxylation is 1. The second-order valence-corrected chi connectivity index (χ2v) is 7.01. The van der Waals surface area contributed by atoms with Crippen LogP contribution in [0.25, 0.3) is 11.1 Å². The quantitative estimate of drug-likeness (QED) is 0.664. The summed E-state index contributed by atoms with van der Waals surface area (Å²) in [5.74, 6) is 0.474. The molecule has 126 valence electrons. The number of halogens is 1. The van der Waals surface area contributed by atoms with Crippen LogP contribution in [-0.2, 0) is 7.05 Å². The van der Waals surface area contributed by atoms with Gasteiger partial charge in [0.25, 0.3) is 5.91 Å². The molecule has 2 aromatic carbocycles. The number of hydrogen-bond donors (Lipinski definition) is 1. The Morgan fingerprint density at radius 2 is 1.92 bits per heavy atom. The van der Waals surface area contributed by atoms with Crippen molar-refractivity contribution in [3.8, 4) is 11.1 Å². The van der Waals surface area contributed by atoms with Crippen molar-refractivity contribution in [3.63, 3.8) is 0 Å². The number of aromatic nitrogens is 1. The maximum Gasteiger partial charge on any atom is 0.257 e. The highest BCUT2D eigenvalue weighted by Crippen LogP contribution is 2.42. The molecule has 0 bridgehead atoms. The first kappa shape index (κ1) is 16.0. The number of nitrogens with one attached hydrogen (secondary N) is 1. The van der Waals surface area contributed by atoms with E-state index >= 15 is 0 Å². The van der Waals surface area contributed by atoms with Crippen molar-refractivity contribution >= 4 is 23.2 Å². The number of carbonyl (C=O) groups is 1. The first-order valence-electron chi connectivity index (χ1n) is 8.44. The van der Waals surface area contributed by atoms with Gasteiger partial charge in [-0.1, -0.05) is 41.9 Å². The Labute approximate surface area is 152 Å². The molecule has 1 N–H and O–H groups in total. The number of benzene rings is 2. The minimum atomic E-state index is -0.0584. The molecule has 0 aliphatic heterocycles. The Hall–Kier alpha value is -2.52. The van der Waals surface area contributed by atoms with Crippen LogP contribution in [0.15, 0.2) is 60.9 Å². The summed E-state index contributed by atoms with van der Waals surface area (Å²) >= 11 is 6.12. The zero-order valence-corrected chi connectivity index (χ0v) is 14.8. The molecule has 0 radical (unpaired) electrons. The molecule has 25 heavy (non-hydrogen) atoms. The summed E-state index contributed by atoms with van der Waals surface area (Å²) in [6.07, 6.45) is 6.31. The molecule has 0 unspecified atom stereocenters. The van der Waals surface area contributed by atoms with E-state index in [1.54, 1.807) is 0 Å². The lowest BCUT2D eigenvalue weighted by Gasteiger charge is -2.12. The molecule has 0 spiro atoms. The molecule has 0 atom stereocenters. The lowest BCUT2D eigenvalue weighted by Crippen LogP contribution is -2.13. The first-order chi connectivity index (χ1) is 12.1. The fourth-order valence-electron chi connectivity index (χ4n) is 3.20. The average Bonchev–Trinajstić information content (AvgIpc) is 3.37. The van der Waals surface area contributed by atoms with E-state index in [0.717, 1.165) is 27.9 Å². The molecular formula is C21H19ClN2O. The highest BCUT2D eigenvalue weighted by molar-refractivity contribution is 6.30. The number of rotatable bonds is 4. The molecule has 1 saturated carbocycles. The van der Waals surface area contributed by atoms with Crippen LogP contribution in [0.4, 0.5) is 5.69 Å². The van der Waals surface area contributed by atoms with Crippen LogP contribution in [0.1, 0.15) is 34.7 Å². The zero-order chi connectivity index (χ0) is 17.4. The SMILES string of the molecule is Cn1cc(C(=O)Nc2ccccc2-c2cccc(Cl)c2)c(C2CC2)c1. The lowest BCUT2D eigenvalue weighted by atomic mass is 10.0. The molecule has 1 aromatic heterocycles. The number of anilines is 1. The number of nitrogens with zero attached hydrogens (tertiary/aromatic N) is 1. The van der Waals surface area contributed by atoms with Crippen molar-refractivity contribution in [2.75, 3.05) is 5.32 Å². The highest BCUT2D eigenvalue weighted by Gasteiger charge is 2.29. The predicted octanol–water partition coefficient (Wildman–Crippen LogP) is 5.48. The van der Waals surface area contributed by atoms with Crippen molar-refractivity contribution in [1.82, 2.24) is 4.57 Å². The summed E-state index contributed by atoms with van der Waals surface area (Å²) in [6.45, 7) is 0. The summed E-state index contributed by atoms with van der Waals surface area (Å²) < 4.78 is 1.96. The summed E-state index contributed by atoms with van der Waals surface area (Å²) in [4.78, 5) is 12.9. The third-order valence-electron chi connectivity index (χ3n) is 4.56. The molecule has 1 fully saturated rings. The highest BCUT2D eigenvalue weighted by atomic mass is 35.5. The Morgan fingerprint density at radius 3 is 2.68 bits per heavy atom. The molecule has 4 heteroatoms. The summed E-state index contributed by atoms with van der Waals surface area (Å²) in [5, 5.41) is 3.76. The monoisotopic (exact) mass is 350 g/mol. The summed E-state index contributed by atoms with van der Waals surface area (Å²) in [5.41, 5.74) is 4.66. The van der Waals surface area contributed by atoms with Gasteiger partial charge in [-0.3, -0.25) is 4.79 Å². The van der Waals surface area contributed by atoms with Crippen LogP contribution in [0.3, 0.4) is 0 Å². The minimum Gasteiger partial charge on any atom is -0.356 e. The molecule has 1 amide bonds. The fraction of sp³-hybridized carbons (Fsp3) is 0.190.